The van der Waals surface area contributed by atoms with E-state index in [0.717, 1.165) is 11.4 Å². The second kappa shape index (κ2) is 14.1. The number of fused-ring (bicyclic) bond motifs is 12. The van der Waals surface area contributed by atoms with E-state index in [0.29, 0.717) is 11.8 Å². The Bertz CT molecular complexity index is 3360. The van der Waals surface area contributed by atoms with Gasteiger partial charge in [0, 0.05) is 27.9 Å². The molecule has 65 heavy (non-hydrogen) atoms. The van der Waals surface area contributed by atoms with Crippen LogP contribution in [-0.4, -0.2) is 0 Å². The standard InChI is InChI=1S/C64H51N/c1-63(2)60-16-10-8-14-55(60)58-38-45(26-36-61(58)63)42-19-17-40(18-20-42)41-21-27-46(28-22-41)65(48-31-33-56-54-13-7-9-15-59(54)64(3,4)62(56)39-48)47-29-23-43(24-30-47)44-25-32-52-50-12-6-5-11-49(50)51-34-35-53(51)57(52)37-44/h5-33,36-39,51,53H,34-35H2,1-4H3. The van der Waals surface area contributed by atoms with E-state index in [1.54, 1.807) is 5.56 Å². The molecule has 4 aliphatic rings. The molecule has 2 atom stereocenters. The molecule has 0 aliphatic heterocycles. The van der Waals surface area contributed by atoms with Gasteiger partial charge in [0.2, 0.25) is 0 Å². The van der Waals surface area contributed by atoms with Gasteiger partial charge in [-0.25, -0.2) is 0 Å². The summed E-state index contributed by atoms with van der Waals surface area (Å²) in [7, 11) is 0. The normalized spacial score (nSPS) is 17.4. The molecule has 312 valence electrons. The molecule has 0 heterocycles. The zero-order valence-corrected chi connectivity index (χ0v) is 37.6. The first kappa shape index (κ1) is 38.3. The fourth-order valence-corrected chi connectivity index (χ4v) is 12.2. The lowest BCUT2D eigenvalue weighted by molar-refractivity contribution is 0.343. The lowest BCUT2D eigenvalue weighted by Crippen LogP contribution is -2.26. The highest BCUT2D eigenvalue weighted by atomic mass is 15.1. The van der Waals surface area contributed by atoms with Crippen LogP contribution in [0.25, 0.3) is 66.8 Å². The average molecular weight is 834 g/mol. The van der Waals surface area contributed by atoms with Gasteiger partial charge in [-0.05, 0) is 167 Å². The molecule has 1 nitrogen and oxygen atoms in total. The van der Waals surface area contributed by atoms with E-state index in [1.165, 1.54) is 113 Å². The second-order valence-electron chi connectivity index (χ2n) is 20.0. The van der Waals surface area contributed by atoms with Gasteiger partial charge in [-0.3, -0.25) is 0 Å². The smallest absolute Gasteiger partial charge is 0.0465 e. The van der Waals surface area contributed by atoms with Crippen molar-refractivity contribution in [3.63, 3.8) is 0 Å². The molecule has 9 aromatic carbocycles. The maximum atomic E-state index is 2.49. The minimum atomic E-state index is -0.0965. The molecule has 0 bridgehead atoms. The third kappa shape index (κ3) is 5.77. The van der Waals surface area contributed by atoms with Crippen LogP contribution in [-0.2, 0) is 10.8 Å². The molecule has 9 aromatic rings. The van der Waals surface area contributed by atoms with Gasteiger partial charge < -0.3 is 4.90 Å². The Morgan fingerprint density at radius 2 is 0.708 bits per heavy atom. The number of rotatable bonds is 6. The minimum Gasteiger partial charge on any atom is -0.310 e. The molecule has 4 aliphatic carbocycles. The summed E-state index contributed by atoms with van der Waals surface area (Å²) in [6.45, 7) is 9.42. The summed E-state index contributed by atoms with van der Waals surface area (Å²) in [6.07, 6.45) is 2.57. The fraction of sp³-hybridized carbons (Fsp3) is 0.156. The predicted octanol–water partition coefficient (Wildman–Crippen LogP) is 17.4. The molecule has 13 rings (SSSR count). The van der Waals surface area contributed by atoms with Crippen LogP contribution in [0, 0.1) is 0 Å². The van der Waals surface area contributed by atoms with E-state index >= 15 is 0 Å². The van der Waals surface area contributed by atoms with Crippen molar-refractivity contribution < 1.29 is 0 Å². The first-order valence-electron chi connectivity index (χ1n) is 23.6. The SMILES string of the molecule is CC1(C)c2ccccc2-c2cc(-c3ccc(-c4ccc(N(c5ccc(-c6ccc7c(c6)C6CCC6c6ccccc6-7)cc5)c5ccc6c(c5)C(C)(C)c5ccccc5-6)cc4)cc3)ccc21. The molecular formula is C64H51N. The van der Waals surface area contributed by atoms with Crippen molar-refractivity contribution in [2.75, 3.05) is 4.90 Å². The maximum Gasteiger partial charge on any atom is 0.0465 e. The summed E-state index contributed by atoms with van der Waals surface area (Å²) in [6, 6.07) is 75.7. The van der Waals surface area contributed by atoms with Crippen molar-refractivity contribution >= 4 is 17.1 Å². The summed E-state index contributed by atoms with van der Waals surface area (Å²) >= 11 is 0. The molecule has 1 saturated carbocycles. The van der Waals surface area contributed by atoms with Gasteiger partial charge in [-0.15, -0.1) is 0 Å². The zero-order chi connectivity index (χ0) is 43.6. The number of hydrogen-bond donors (Lipinski definition) is 0. The lowest BCUT2D eigenvalue weighted by atomic mass is 9.61. The van der Waals surface area contributed by atoms with Gasteiger partial charge in [-0.2, -0.15) is 0 Å². The average Bonchev–Trinajstić information content (AvgIpc) is 3.71. The third-order valence-corrected chi connectivity index (χ3v) is 15.9. The third-order valence-electron chi connectivity index (χ3n) is 15.9. The van der Waals surface area contributed by atoms with Gasteiger partial charge >= 0.3 is 0 Å². The van der Waals surface area contributed by atoms with Crippen LogP contribution in [0.3, 0.4) is 0 Å². The van der Waals surface area contributed by atoms with Gasteiger partial charge in [0.15, 0.2) is 0 Å². The fourth-order valence-electron chi connectivity index (χ4n) is 12.2. The van der Waals surface area contributed by atoms with E-state index < -0.39 is 0 Å². The Morgan fingerprint density at radius 3 is 1.34 bits per heavy atom. The van der Waals surface area contributed by atoms with Crippen molar-refractivity contribution in [3.8, 4) is 66.8 Å². The molecule has 0 saturated heterocycles. The molecular weight excluding hydrogens is 783 g/mol. The van der Waals surface area contributed by atoms with Crippen LogP contribution in [0.15, 0.2) is 200 Å². The van der Waals surface area contributed by atoms with Crippen molar-refractivity contribution in [2.24, 2.45) is 0 Å². The highest BCUT2D eigenvalue weighted by molar-refractivity contribution is 5.88. The second-order valence-corrected chi connectivity index (χ2v) is 20.0. The summed E-state index contributed by atoms with van der Waals surface area (Å²) in [5, 5.41) is 0. The van der Waals surface area contributed by atoms with Crippen LogP contribution in [0.1, 0.15) is 85.8 Å². The van der Waals surface area contributed by atoms with Crippen molar-refractivity contribution in [3.05, 3.63) is 234 Å². The highest BCUT2D eigenvalue weighted by Crippen LogP contribution is 2.58. The number of benzene rings is 9. The van der Waals surface area contributed by atoms with Crippen LogP contribution in [0.2, 0.25) is 0 Å². The van der Waals surface area contributed by atoms with E-state index in [4.69, 9.17) is 0 Å². The molecule has 0 spiro atoms. The summed E-state index contributed by atoms with van der Waals surface area (Å²) in [5.41, 5.74) is 27.7. The van der Waals surface area contributed by atoms with Gasteiger partial charge in [-0.1, -0.05) is 185 Å². The summed E-state index contributed by atoms with van der Waals surface area (Å²) in [5.74, 6) is 1.28. The largest absolute Gasteiger partial charge is 0.310 e. The Hall–Kier alpha value is -7.22. The topological polar surface area (TPSA) is 3.24 Å². The van der Waals surface area contributed by atoms with Crippen LogP contribution >= 0.6 is 0 Å². The number of nitrogens with zero attached hydrogens (tertiary/aromatic N) is 1. The Balaban J connectivity index is 0.840. The first-order chi connectivity index (χ1) is 31.7. The van der Waals surface area contributed by atoms with Gasteiger partial charge in [0.25, 0.3) is 0 Å². The molecule has 0 aromatic heterocycles. The van der Waals surface area contributed by atoms with Crippen molar-refractivity contribution in [2.45, 2.75) is 63.2 Å². The summed E-state index contributed by atoms with van der Waals surface area (Å²) in [4.78, 5) is 2.44. The summed E-state index contributed by atoms with van der Waals surface area (Å²) < 4.78 is 0. The monoisotopic (exact) mass is 833 g/mol. The molecule has 0 amide bonds. The molecule has 0 radical (unpaired) electrons. The van der Waals surface area contributed by atoms with Crippen LogP contribution in [0.5, 0.6) is 0 Å². The van der Waals surface area contributed by atoms with Crippen molar-refractivity contribution in [1.29, 1.82) is 0 Å². The Labute approximate surface area is 383 Å². The van der Waals surface area contributed by atoms with Crippen LogP contribution < -0.4 is 4.90 Å². The Kier molecular flexibility index (Phi) is 8.32. The van der Waals surface area contributed by atoms with E-state index in [9.17, 15) is 0 Å². The van der Waals surface area contributed by atoms with Gasteiger partial charge in [0.1, 0.15) is 0 Å². The van der Waals surface area contributed by atoms with Crippen LogP contribution in [0.4, 0.5) is 17.1 Å². The zero-order valence-electron chi connectivity index (χ0n) is 37.6. The molecule has 2 unspecified atom stereocenters. The quantitative estimate of drug-likeness (QED) is 0.161. The predicted molar refractivity (Wildman–Crippen MR) is 273 cm³/mol. The van der Waals surface area contributed by atoms with E-state index in [1.807, 2.05) is 0 Å². The molecule has 1 fully saturated rings. The van der Waals surface area contributed by atoms with E-state index in [2.05, 4.69) is 233 Å². The maximum absolute atomic E-state index is 2.49. The highest BCUT2D eigenvalue weighted by Gasteiger charge is 2.40. The molecule has 0 N–H and O–H groups in total. The van der Waals surface area contributed by atoms with E-state index in [-0.39, 0.29) is 10.8 Å². The van der Waals surface area contributed by atoms with Gasteiger partial charge in [0.05, 0.1) is 0 Å². The Morgan fingerprint density at radius 1 is 0.308 bits per heavy atom. The minimum absolute atomic E-state index is 0.0124. The number of hydrogen-bond acceptors (Lipinski definition) is 1. The lowest BCUT2D eigenvalue weighted by Gasteiger charge is -2.43. The number of anilines is 3. The first-order valence-corrected chi connectivity index (χ1v) is 23.6. The van der Waals surface area contributed by atoms with Crippen molar-refractivity contribution in [1.82, 2.24) is 0 Å². The molecule has 1 heteroatoms.